The van der Waals surface area contributed by atoms with Crippen molar-refractivity contribution in [3.8, 4) is 0 Å². The number of benzene rings is 1. The molecule has 2 aromatic rings. The minimum atomic E-state index is -3.62. The van der Waals surface area contributed by atoms with Crippen LogP contribution < -0.4 is 14.9 Å². The minimum absolute atomic E-state index is 0.0152. The number of nitrogens with zero attached hydrogens (tertiary/aromatic N) is 2. The van der Waals surface area contributed by atoms with E-state index >= 15 is 0 Å². The molecule has 1 fully saturated rings. The smallest absolute Gasteiger partial charge is 0.240 e. The Bertz CT molecular complexity index is 893. The Morgan fingerprint density at radius 2 is 1.86 bits per heavy atom. The standard InChI is InChI=1S/C19H24N4O4S/c1-15-2-5-17(6-3-15)28(25,26)21-9-8-19(24)22-16-4-7-18(20-14-16)23-10-12-27-13-11-23/h2-7,14,21H,8-13H2,1H3,(H,22,24). The summed E-state index contributed by atoms with van der Waals surface area (Å²) in [7, 11) is -3.62. The zero-order valence-electron chi connectivity index (χ0n) is 15.7. The van der Waals surface area contributed by atoms with Crippen molar-refractivity contribution in [3.63, 3.8) is 0 Å². The highest BCUT2D eigenvalue weighted by atomic mass is 32.2. The van der Waals surface area contributed by atoms with E-state index < -0.39 is 10.0 Å². The van der Waals surface area contributed by atoms with Crippen LogP contribution in [0.2, 0.25) is 0 Å². The van der Waals surface area contributed by atoms with Gasteiger partial charge in [0.05, 0.1) is 30.0 Å². The van der Waals surface area contributed by atoms with Gasteiger partial charge >= 0.3 is 0 Å². The number of nitrogens with one attached hydrogen (secondary N) is 2. The summed E-state index contributed by atoms with van der Waals surface area (Å²) in [4.78, 5) is 18.7. The van der Waals surface area contributed by atoms with Crippen LogP contribution in [0.4, 0.5) is 11.5 Å². The first-order valence-electron chi connectivity index (χ1n) is 9.09. The molecule has 3 rings (SSSR count). The molecule has 0 bridgehead atoms. The number of aromatic nitrogens is 1. The second-order valence-electron chi connectivity index (χ2n) is 6.51. The second kappa shape index (κ2) is 9.13. The third kappa shape index (κ3) is 5.51. The SMILES string of the molecule is Cc1ccc(S(=O)(=O)NCCC(=O)Nc2ccc(N3CCOCC3)nc2)cc1. The zero-order valence-corrected chi connectivity index (χ0v) is 16.5. The van der Waals surface area contributed by atoms with E-state index in [0.717, 1.165) is 24.5 Å². The van der Waals surface area contributed by atoms with Crippen molar-refractivity contribution in [1.82, 2.24) is 9.71 Å². The van der Waals surface area contributed by atoms with Crippen molar-refractivity contribution >= 4 is 27.4 Å². The van der Waals surface area contributed by atoms with Crippen LogP contribution in [0.25, 0.3) is 0 Å². The van der Waals surface area contributed by atoms with Crippen LogP contribution in [0.15, 0.2) is 47.5 Å². The highest BCUT2D eigenvalue weighted by Crippen LogP contribution is 2.15. The van der Waals surface area contributed by atoms with E-state index in [4.69, 9.17) is 4.74 Å². The first-order valence-corrected chi connectivity index (χ1v) is 10.6. The zero-order chi connectivity index (χ0) is 20.0. The number of aryl methyl sites for hydroxylation is 1. The van der Waals surface area contributed by atoms with Crippen molar-refractivity contribution in [1.29, 1.82) is 0 Å². The van der Waals surface area contributed by atoms with Crippen LogP contribution in [0.1, 0.15) is 12.0 Å². The predicted octanol–water partition coefficient (Wildman–Crippen LogP) is 1.53. The van der Waals surface area contributed by atoms with Gasteiger partial charge < -0.3 is 15.0 Å². The minimum Gasteiger partial charge on any atom is -0.378 e. The van der Waals surface area contributed by atoms with Gasteiger partial charge in [-0.2, -0.15) is 0 Å². The maximum absolute atomic E-state index is 12.2. The van der Waals surface area contributed by atoms with E-state index in [0.29, 0.717) is 18.9 Å². The molecule has 2 N–H and O–H groups in total. The molecule has 0 spiro atoms. The van der Waals surface area contributed by atoms with Crippen LogP contribution in [-0.2, 0) is 19.6 Å². The molecular weight excluding hydrogens is 380 g/mol. The summed E-state index contributed by atoms with van der Waals surface area (Å²) in [6.45, 7) is 4.84. The van der Waals surface area contributed by atoms with Crippen LogP contribution in [-0.4, -0.2) is 52.2 Å². The Labute approximate surface area is 165 Å². The van der Waals surface area contributed by atoms with Gasteiger partial charge in [0.25, 0.3) is 0 Å². The van der Waals surface area contributed by atoms with Gasteiger partial charge in [-0.25, -0.2) is 18.1 Å². The average molecular weight is 404 g/mol. The molecule has 28 heavy (non-hydrogen) atoms. The molecule has 0 saturated carbocycles. The first-order chi connectivity index (χ1) is 13.4. The summed E-state index contributed by atoms with van der Waals surface area (Å²) in [5.41, 5.74) is 1.55. The quantitative estimate of drug-likeness (QED) is 0.726. The molecule has 0 unspecified atom stereocenters. The lowest BCUT2D eigenvalue weighted by atomic mass is 10.2. The maximum Gasteiger partial charge on any atom is 0.240 e. The third-order valence-electron chi connectivity index (χ3n) is 4.34. The average Bonchev–Trinajstić information content (AvgIpc) is 2.69. The summed E-state index contributed by atoms with van der Waals surface area (Å²) >= 11 is 0. The highest BCUT2D eigenvalue weighted by molar-refractivity contribution is 7.89. The fraction of sp³-hybridized carbons (Fsp3) is 0.368. The molecule has 1 aliphatic rings. The number of hydrogen-bond donors (Lipinski definition) is 2. The van der Waals surface area contributed by atoms with E-state index in [1.165, 1.54) is 0 Å². The summed E-state index contributed by atoms with van der Waals surface area (Å²) in [5, 5.41) is 2.73. The molecule has 0 radical (unpaired) electrons. The van der Waals surface area contributed by atoms with Gasteiger partial charge in [-0.15, -0.1) is 0 Å². The molecule has 8 nitrogen and oxygen atoms in total. The number of ether oxygens (including phenoxy) is 1. The summed E-state index contributed by atoms with van der Waals surface area (Å²) in [6, 6.07) is 10.2. The summed E-state index contributed by atoms with van der Waals surface area (Å²) in [5.74, 6) is 0.555. The Morgan fingerprint density at radius 1 is 1.14 bits per heavy atom. The third-order valence-corrected chi connectivity index (χ3v) is 5.82. The van der Waals surface area contributed by atoms with Crippen LogP contribution in [0.3, 0.4) is 0 Å². The van der Waals surface area contributed by atoms with Gasteiger partial charge in [0.15, 0.2) is 0 Å². The molecule has 1 aromatic heterocycles. The molecule has 150 valence electrons. The van der Waals surface area contributed by atoms with E-state index in [-0.39, 0.29) is 23.8 Å². The van der Waals surface area contributed by atoms with Gasteiger partial charge in [0.1, 0.15) is 5.82 Å². The van der Waals surface area contributed by atoms with Crippen molar-refractivity contribution in [2.75, 3.05) is 43.1 Å². The number of carbonyl (C=O) groups excluding carboxylic acids is 1. The van der Waals surface area contributed by atoms with E-state index in [9.17, 15) is 13.2 Å². The molecule has 1 aromatic carbocycles. The fourth-order valence-corrected chi connectivity index (χ4v) is 3.79. The van der Waals surface area contributed by atoms with Crippen molar-refractivity contribution in [2.45, 2.75) is 18.2 Å². The van der Waals surface area contributed by atoms with Crippen LogP contribution in [0.5, 0.6) is 0 Å². The highest BCUT2D eigenvalue weighted by Gasteiger charge is 2.15. The molecular formula is C19H24N4O4S. The second-order valence-corrected chi connectivity index (χ2v) is 8.28. The maximum atomic E-state index is 12.2. The number of morpholine rings is 1. The Morgan fingerprint density at radius 3 is 2.50 bits per heavy atom. The van der Waals surface area contributed by atoms with Gasteiger partial charge in [0.2, 0.25) is 15.9 Å². The van der Waals surface area contributed by atoms with E-state index in [1.54, 1.807) is 36.5 Å². The Kier molecular flexibility index (Phi) is 6.61. The molecule has 9 heteroatoms. The van der Waals surface area contributed by atoms with Crippen molar-refractivity contribution in [2.24, 2.45) is 0 Å². The van der Waals surface area contributed by atoms with Gasteiger partial charge in [-0.1, -0.05) is 17.7 Å². The normalized spacial score (nSPS) is 14.7. The van der Waals surface area contributed by atoms with Crippen LogP contribution in [0, 0.1) is 6.92 Å². The Balaban J connectivity index is 1.47. The molecule has 2 heterocycles. The number of pyridine rings is 1. The molecule has 1 amide bonds. The van der Waals surface area contributed by atoms with Crippen molar-refractivity contribution in [3.05, 3.63) is 48.2 Å². The van der Waals surface area contributed by atoms with Crippen molar-refractivity contribution < 1.29 is 17.9 Å². The van der Waals surface area contributed by atoms with Gasteiger partial charge in [-0.3, -0.25) is 4.79 Å². The molecule has 0 aliphatic carbocycles. The predicted molar refractivity (Wildman–Crippen MR) is 107 cm³/mol. The number of rotatable bonds is 7. The number of sulfonamides is 1. The van der Waals surface area contributed by atoms with Crippen LogP contribution >= 0.6 is 0 Å². The monoisotopic (exact) mass is 404 g/mol. The topological polar surface area (TPSA) is 101 Å². The van der Waals surface area contributed by atoms with Gasteiger partial charge in [-0.05, 0) is 31.2 Å². The Hall–Kier alpha value is -2.49. The lowest BCUT2D eigenvalue weighted by molar-refractivity contribution is -0.116. The van der Waals surface area contributed by atoms with Gasteiger partial charge in [0, 0.05) is 26.1 Å². The lowest BCUT2D eigenvalue weighted by Crippen LogP contribution is -2.36. The summed E-state index contributed by atoms with van der Waals surface area (Å²) in [6.07, 6.45) is 1.62. The molecule has 0 atom stereocenters. The number of carbonyl (C=O) groups is 1. The molecule has 1 saturated heterocycles. The van der Waals surface area contributed by atoms with E-state index in [1.807, 2.05) is 13.0 Å². The fourth-order valence-electron chi connectivity index (χ4n) is 2.76. The van der Waals surface area contributed by atoms with E-state index in [2.05, 4.69) is 19.9 Å². The number of amides is 1. The largest absolute Gasteiger partial charge is 0.378 e. The number of anilines is 2. The first kappa shape index (κ1) is 20.2. The number of hydrogen-bond acceptors (Lipinski definition) is 6. The summed E-state index contributed by atoms with van der Waals surface area (Å²) < 4.78 is 32.2. The lowest BCUT2D eigenvalue weighted by Gasteiger charge is -2.27. The molecule has 1 aliphatic heterocycles.